The highest BCUT2D eigenvalue weighted by atomic mass is 16.4. The molecule has 2 nitrogen and oxygen atoms in total. The molecule has 0 atom stereocenters. The first kappa shape index (κ1) is 9.69. The molecular weight excluding hydrogens is 140 g/mol. The van der Waals surface area contributed by atoms with Gasteiger partial charge in [-0.2, -0.15) is 0 Å². The van der Waals surface area contributed by atoms with Crippen LogP contribution >= 0.6 is 0 Å². The number of hydrogen-bond acceptors (Lipinski definition) is 1. The molecule has 0 radical (unpaired) electrons. The van der Waals surface area contributed by atoms with Crippen LogP contribution in [0.25, 0.3) is 0 Å². The minimum atomic E-state index is -0.923. The second kappa shape index (κ2) is 5.47. The third-order valence-corrected chi connectivity index (χ3v) is 1.18. The largest absolute Gasteiger partial charge is 0.478 e. The van der Waals surface area contributed by atoms with Crippen LogP contribution in [0.3, 0.4) is 0 Å². The van der Waals surface area contributed by atoms with E-state index in [2.05, 4.69) is 6.58 Å². The number of carboxylic acid groups (broad SMARTS) is 1. The van der Waals surface area contributed by atoms with Crippen LogP contribution in [0, 0.1) is 0 Å². The van der Waals surface area contributed by atoms with Gasteiger partial charge in [0.15, 0.2) is 0 Å². The molecule has 0 bridgehead atoms. The maximum absolute atomic E-state index is 10.1. The Labute approximate surface area is 66.5 Å². The second-order valence-corrected chi connectivity index (χ2v) is 2.00. The molecule has 0 rings (SSSR count). The van der Waals surface area contributed by atoms with Crippen LogP contribution in [0.2, 0.25) is 0 Å². The molecule has 0 saturated carbocycles. The summed E-state index contributed by atoms with van der Waals surface area (Å²) in [4.78, 5) is 10.1. The van der Waals surface area contributed by atoms with Crippen LogP contribution in [0.5, 0.6) is 0 Å². The van der Waals surface area contributed by atoms with Crippen molar-refractivity contribution in [3.05, 3.63) is 36.5 Å². The Morgan fingerprint density at radius 3 is 2.55 bits per heavy atom. The second-order valence-electron chi connectivity index (χ2n) is 2.00. The van der Waals surface area contributed by atoms with Crippen molar-refractivity contribution in [1.82, 2.24) is 0 Å². The van der Waals surface area contributed by atoms with Gasteiger partial charge in [0.05, 0.1) is 0 Å². The average molecular weight is 152 g/mol. The lowest BCUT2D eigenvalue weighted by Crippen LogP contribution is -1.86. The Balaban J connectivity index is 4.18. The van der Waals surface area contributed by atoms with E-state index in [4.69, 9.17) is 5.11 Å². The maximum atomic E-state index is 10.1. The highest BCUT2D eigenvalue weighted by Gasteiger charge is 1.88. The molecule has 0 heterocycles. The van der Waals surface area contributed by atoms with Crippen molar-refractivity contribution in [3.63, 3.8) is 0 Å². The van der Waals surface area contributed by atoms with Crippen molar-refractivity contribution in [3.8, 4) is 0 Å². The predicted molar refractivity (Wildman–Crippen MR) is 45.3 cm³/mol. The molecule has 0 unspecified atom stereocenters. The molecule has 60 valence electrons. The minimum absolute atomic E-state index is 0.815. The summed E-state index contributed by atoms with van der Waals surface area (Å²) in [6.07, 6.45) is 6.95. The Hall–Kier alpha value is -1.31. The smallest absolute Gasteiger partial charge is 0.328 e. The molecule has 0 aromatic carbocycles. The van der Waals surface area contributed by atoms with E-state index < -0.39 is 5.97 Å². The average Bonchev–Trinajstić information content (AvgIpc) is 1.97. The van der Waals surface area contributed by atoms with Gasteiger partial charge in [0.25, 0.3) is 0 Å². The third-order valence-electron chi connectivity index (χ3n) is 1.18. The maximum Gasteiger partial charge on any atom is 0.328 e. The highest BCUT2D eigenvalue weighted by Crippen LogP contribution is 2.01. The number of aliphatic carboxylic acids is 1. The topological polar surface area (TPSA) is 37.3 Å². The van der Waals surface area contributed by atoms with Crippen LogP contribution in [0.1, 0.15) is 13.3 Å². The van der Waals surface area contributed by atoms with E-state index >= 15 is 0 Å². The molecule has 0 saturated heterocycles. The molecule has 0 aliphatic rings. The fourth-order valence-electron chi connectivity index (χ4n) is 0.621. The molecular formula is C9H12O2. The Bertz CT molecular complexity index is 200. The fourth-order valence-corrected chi connectivity index (χ4v) is 0.621. The summed E-state index contributed by atoms with van der Waals surface area (Å²) in [6.45, 7) is 5.48. The lowest BCUT2D eigenvalue weighted by Gasteiger charge is -1.91. The first-order chi connectivity index (χ1) is 5.20. The van der Waals surface area contributed by atoms with Crippen molar-refractivity contribution >= 4 is 5.97 Å². The van der Waals surface area contributed by atoms with Crippen molar-refractivity contribution in [1.29, 1.82) is 0 Å². The van der Waals surface area contributed by atoms with E-state index in [-0.39, 0.29) is 0 Å². The summed E-state index contributed by atoms with van der Waals surface area (Å²) in [5.41, 5.74) is 0.961. The van der Waals surface area contributed by atoms with E-state index in [1.54, 1.807) is 18.2 Å². The first-order valence-corrected chi connectivity index (χ1v) is 3.43. The van der Waals surface area contributed by atoms with Crippen LogP contribution in [-0.4, -0.2) is 11.1 Å². The molecule has 0 spiro atoms. The number of carboxylic acids is 1. The molecule has 0 amide bonds. The van der Waals surface area contributed by atoms with Crippen molar-refractivity contribution in [2.75, 3.05) is 0 Å². The van der Waals surface area contributed by atoms with E-state index in [1.165, 1.54) is 0 Å². The quantitative estimate of drug-likeness (QED) is 0.495. The summed E-state index contributed by atoms with van der Waals surface area (Å²) in [5, 5.41) is 8.29. The van der Waals surface area contributed by atoms with E-state index in [0.717, 1.165) is 18.1 Å². The molecule has 11 heavy (non-hydrogen) atoms. The summed E-state index contributed by atoms with van der Waals surface area (Å²) in [7, 11) is 0. The van der Waals surface area contributed by atoms with Gasteiger partial charge < -0.3 is 5.11 Å². The monoisotopic (exact) mass is 152 g/mol. The Morgan fingerprint density at radius 2 is 2.18 bits per heavy atom. The Morgan fingerprint density at radius 1 is 1.55 bits per heavy atom. The molecule has 0 aliphatic heterocycles. The van der Waals surface area contributed by atoms with Crippen LogP contribution in [0.4, 0.5) is 0 Å². The highest BCUT2D eigenvalue weighted by molar-refractivity contribution is 5.80. The summed E-state index contributed by atoms with van der Waals surface area (Å²) in [6, 6.07) is 0. The van der Waals surface area contributed by atoms with Crippen molar-refractivity contribution < 1.29 is 9.90 Å². The molecule has 0 aromatic rings. The number of carbonyl (C=O) groups is 1. The molecule has 2 heteroatoms. The molecule has 0 aromatic heterocycles. The fraction of sp³-hybridized carbons (Fsp3) is 0.222. The Kier molecular flexibility index (Phi) is 4.82. The van der Waals surface area contributed by atoms with Crippen LogP contribution < -0.4 is 0 Å². The summed E-state index contributed by atoms with van der Waals surface area (Å²) < 4.78 is 0. The standard InChI is InChI=1S/C9H12O2/c1-3-5-8(4-2)6-7-9(10)11/h3,5-7H,1,4H2,2H3,(H,10,11)/b7-6+,8-5+. The number of rotatable bonds is 4. The van der Waals surface area contributed by atoms with Crippen LogP contribution in [0.15, 0.2) is 36.5 Å². The van der Waals surface area contributed by atoms with Crippen LogP contribution in [-0.2, 0) is 4.79 Å². The van der Waals surface area contributed by atoms with Gasteiger partial charge in [0, 0.05) is 6.08 Å². The molecule has 1 N–H and O–H groups in total. The van der Waals surface area contributed by atoms with E-state index in [0.29, 0.717) is 0 Å². The van der Waals surface area contributed by atoms with Crippen molar-refractivity contribution in [2.45, 2.75) is 13.3 Å². The first-order valence-electron chi connectivity index (χ1n) is 3.43. The van der Waals surface area contributed by atoms with Gasteiger partial charge in [-0.05, 0) is 12.0 Å². The summed E-state index contributed by atoms with van der Waals surface area (Å²) in [5.74, 6) is -0.923. The molecule has 0 fully saturated rings. The number of hydrogen-bond donors (Lipinski definition) is 1. The van der Waals surface area contributed by atoms with Crippen molar-refractivity contribution in [2.24, 2.45) is 0 Å². The zero-order chi connectivity index (χ0) is 8.69. The zero-order valence-electron chi connectivity index (χ0n) is 6.58. The normalized spacial score (nSPS) is 11.9. The zero-order valence-corrected chi connectivity index (χ0v) is 6.58. The molecule has 0 aliphatic carbocycles. The number of allylic oxidation sites excluding steroid dienone is 4. The predicted octanol–water partition coefficient (Wildman–Crippen LogP) is 2.15. The van der Waals surface area contributed by atoms with Gasteiger partial charge in [-0.15, -0.1) is 0 Å². The van der Waals surface area contributed by atoms with Gasteiger partial charge in [-0.25, -0.2) is 4.79 Å². The van der Waals surface area contributed by atoms with Gasteiger partial charge in [-0.1, -0.05) is 31.7 Å². The van der Waals surface area contributed by atoms with E-state index in [9.17, 15) is 4.79 Å². The summed E-state index contributed by atoms with van der Waals surface area (Å²) >= 11 is 0. The lowest BCUT2D eigenvalue weighted by atomic mass is 10.2. The lowest BCUT2D eigenvalue weighted by molar-refractivity contribution is -0.131. The van der Waals surface area contributed by atoms with Gasteiger partial charge in [0.2, 0.25) is 0 Å². The minimum Gasteiger partial charge on any atom is -0.478 e. The van der Waals surface area contributed by atoms with Gasteiger partial charge in [-0.3, -0.25) is 0 Å². The SMILES string of the molecule is C=C/C=C(/C=C/C(=O)O)CC. The van der Waals surface area contributed by atoms with Gasteiger partial charge >= 0.3 is 5.97 Å². The van der Waals surface area contributed by atoms with E-state index in [1.807, 2.05) is 6.92 Å². The third kappa shape index (κ3) is 5.15. The van der Waals surface area contributed by atoms with Gasteiger partial charge in [0.1, 0.15) is 0 Å².